The predicted molar refractivity (Wildman–Crippen MR) is 52.5 cm³/mol. The van der Waals surface area contributed by atoms with E-state index < -0.39 is 0 Å². The van der Waals surface area contributed by atoms with Gasteiger partial charge in [-0.3, -0.25) is 0 Å². The fraction of sp³-hybridized carbons (Fsp3) is 0.333. The van der Waals surface area contributed by atoms with E-state index in [1.54, 1.807) is 13.2 Å². The van der Waals surface area contributed by atoms with Crippen molar-refractivity contribution >= 4 is 23.2 Å². The summed E-state index contributed by atoms with van der Waals surface area (Å²) >= 11 is 11.9. The van der Waals surface area contributed by atoms with Crippen molar-refractivity contribution in [2.24, 2.45) is 0 Å². The standard InChI is InChI=1S/C9H10Cl2O/c1-5-4-7(10)9(12-3)6(2)8(5)11/h4H,1-3H3. The first-order chi connectivity index (χ1) is 5.57. The molecule has 0 spiro atoms. The van der Waals surface area contributed by atoms with Crippen LogP contribution in [0.15, 0.2) is 6.07 Å². The first-order valence-electron chi connectivity index (χ1n) is 3.57. The normalized spacial score (nSPS) is 10.1. The van der Waals surface area contributed by atoms with Crippen molar-refractivity contribution < 1.29 is 4.74 Å². The van der Waals surface area contributed by atoms with Gasteiger partial charge in [-0.1, -0.05) is 23.2 Å². The molecule has 0 bridgehead atoms. The van der Waals surface area contributed by atoms with Crippen molar-refractivity contribution in [3.05, 3.63) is 27.2 Å². The van der Waals surface area contributed by atoms with Crippen LogP contribution in [-0.4, -0.2) is 7.11 Å². The second-order valence-corrected chi connectivity index (χ2v) is 3.43. The Kier molecular flexibility index (Phi) is 2.86. The zero-order valence-corrected chi connectivity index (χ0v) is 8.75. The second-order valence-electron chi connectivity index (χ2n) is 2.65. The van der Waals surface area contributed by atoms with E-state index >= 15 is 0 Å². The Morgan fingerprint density at radius 2 is 1.83 bits per heavy atom. The lowest BCUT2D eigenvalue weighted by molar-refractivity contribution is 0.412. The molecule has 1 nitrogen and oxygen atoms in total. The van der Waals surface area contributed by atoms with Crippen molar-refractivity contribution in [2.75, 3.05) is 7.11 Å². The molecule has 0 heterocycles. The molecule has 0 unspecified atom stereocenters. The summed E-state index contributed by atoms with van der Waals surface area (Å²) in [5.74, 6) is 0.660. The molecule has 0 amide bonds. The van der Waals surface area contributed by atoms with Crippen LogP contribution in [-0.2, 0) is 0 Å². The highest BCUT2D eigenvalue weighted by Gasteiger charge is 2.10. The molecule has 3 heteroatoms. The molecule has 12 heavy (non-hydrogen) atoms. The molecule has 0 aliphatic carbocycles. The number of hydrogen-bond donors (Lipinski definition) is 0. The highest BCUT2D eigenvalue weighted by molar-refractivity contribution is 6.35. The first kappa shape index (κ1) is 9.69. The Labute approximate surface area is 82.2 Å². The molecule has 66 valence electrons. The summed E-state index contributed by atoms with van der Waals surface area (Å²) in [6.45, 7) is 3.81. The zero-order chi connectivity index (χ0) is 9.30. The van der Waals surface area contributed by atoms with E-state index in [0.717, 1.165) is 16.1 Å². The number of hydrogen-bond acceptors (Lipinski definition) is 1. The van der Waals surface area contributed by atoms with Crippen molar-refractivity contribution in [2.45, 2.75) is 13.8 Å². The largest absolute Gasteiger partial charge is 0.495 e. The lowest BCUT2D eigenvalue weighted by atomic mass is 10.1. The van der Waals surface area contributed by atoms with Gasteiger partial charge in [0.15, 0.2) is 0 Å². The fourth-order valence-electron chi connectivity index (χ4n) is 1.14. The average Bonchev–Trinajstić information content (AvgIpc) is 2.01. The van der Waals surface area contributed by atoms with E-state index in [-0.39, 0.29) is 0 Å². The Morgan fingerprint density at radius 1 is 1.25 bits per heavy atom. The van der Waals surface area contributed by atoms with Crippen LogP contribution in [0.5, 0.6) is 5.75 Å². The maximum atomic E-state index is 5.99. The van der Waals surface area contributed by atoms with Gasteiger partial charge in [-0.15, -0.1) is 0 Å². The zero-order valence-electron chi connectivity index (χ0n) is 7.24. The van der Waals surface area contributed by atoms with Crippen molar-refractivity contribution in [1.29, 1.82) is 0 Å². The molecular weight excluding hydrogens is 195 g/mol. The summed E-state index contributed by atoms with van der Waals surface area (Å²) in [5, 5.41) is 1.33. The maximum absolute atomic E-state index is 5.99. The van der Waals surface area contributed by atoms with E-state index in [9.17, 15) is 0 Å². The maximum Gasteiger partial charge on any atom is 0.141 e. The number of rotatable bonds is 1. The van der Waals surface area contributed by atoms with Gasteiger partial charge < -0.3 is 4.74 Å². The van der Waals surface area contributed by atoms with Crippen LogP contribution in [0.1, 0.15) is 11.1 Å². The summed E-state index contributed by atoms with van der Waals surface area (Å²) in [6, 6.07) is 1.80. The van der Waals surface area contributed by atoms with Crippen LogP contribution in [0.25, 0.3) is 0 Å². The molecule has 0 atom stereocenters. The van der Waals surface area contributed by atoms with Crippen molar-refractivity contribution in [3.8, 4) is 5.75 Å². The van der Waals surface area contributed by atoms with Crippen LogP contribution in [0.2, 0.25) is 10.0 Å². The lowest BCUT2D eigenvalue weighted by Crippen LogP contribution is -1.91. The molecule has 0 saturated heterocycles. The summed E-state index contributed by atoms with van der Waals surface area (Å²) in [6.07, 6.45) is 0. The van der Waals surface area contributed by atoms with Crippen LogP contribution in [0, 0.1) is 13.8 Å². The molecule has 1 aromatic rings. The molecule has 0 fully saturated rings. The smallest absolute Gasteiger partial charge is 0.141 e. The topological polar surface area (TPSA) is 9.23 Å². The number of methoxy groups -OCH3 is 1. The Morgan fingerprint density at radius 3 is 2.33 bits per heavy atom. The van der Waals surface area contributed by atoms with Gasteiger partial charge in [0.2, 0.25) is 0 Å². The molecule has 0 aliphatic heterocycles. The van der Waals surface area contributed by atoms with Gasteiger partial charge in [0.25, 0.3) is 0 Å². The second kappa shape index (κ2) is 3.55. The monoisotopic (exact) mass is 204 g/mol. The lowest BCUT2D eigenvalue weighted by Gasteiger charge is -2.10. The third kappa shape index (κ3) is 1.52. The first-order valence-corrected chi connectivity index (χ1v) is 4.32. The number of ether oxygens (including phenoxy) is 1. The van der Waals surface area contributed by atoms with Gasteiger partial charge in [0, 0.05) is 5.56 Å². The third-order valence-corrected chi connectivity index (χ3v) is 2.64. The highest BCUT2D eigenvalue weighted by Crippen LogP contribution is 2.35. The summed E-state index contributed by atoms with van der Waals surface area (Å²) in [7, 11) is 1.58. The SMILES string of the molecule is COc1c(Cl)cc(C)c(Cl)c1C. The molecule has 0 aromatic heterocycles. The molecule has 0 N–H and O–H groups in total. The molecule has 1 rings (SSSR count). The molecule has 1 aromatic carbocycles. The Hall–Kier alpha value is -0.400. The predicted octanol–water partition coefficient (Wildman–Crippen LogP) is 3.62. The van der Waals surface area contributed by atoms with Gasteiger partial charge in [-0.25, -0.2) is 0 Å². The minimum atomic E-state index is 0.608. The molecule has 0 saturated carbocycles. The summed E-state index contributed by atoms with van der Waals surface area (Å²) in [4.78, 5) is 0. The number of benzene rings is 1. The van der Waals surface area contributed by atoms with Gasteiger partial charge in [-0.2, -0.15) is 0 Å². The van der Waals surface area contributed by atoms with Gasteiger partial charge >= 0.3 is 0 Å². The van der Waals surface area contributed by atoms with Crippen molar-refractivity contribution in [3.63, 3.8) is 0 Å². The van der Waals surface area contributed by atoms with E-state index in [0.29, 0.717) is 10.8 Å². The van der Waals surface area contributed by atoms with Crippen molar-refractivity contribution in [1.82, 2.24) is 0 Å². The van der Waals surface area contributed by atoms with Gasteiger partial charge in [0.1, 0.15) is 5.75 Å². The van der Waals surface area contributed by atoms with Crippen LogP contribution in [0.4, 0.5) is 0 Å². The molecule has 0 radical (unpaired) electrons. The van der Waals surface area contributed by atoms with Crippen LogP contribution >= 0.6 is 23.2 Å². The number of aryl methyl sites for hydroxylation is 1. The van der Waals surface area contributed by atoms with Crippen LogP contribution in [0.3, 0.4) is 0 Å². The average molecular weight is 205 g/mol. The number of halogens is 2. The Bertz CT molecular complexity index is 308. The van der Waals surface area contributed by atoms with Gasteiger partial charge in [-0.05, 0) is 25.5 Å². The van der Waals surface area contributed by atoms with Crippen LogP contribution < -0.4 is 4.74 Å². The Balaban J connectivity index is 3.40. The third-order valence-electron chi connectivity index (χ3n) is 1.78. The van der Waals surface area contributed by atoms with Gasteiger partial charge in [0.05, 0.1) is 17.2 Å². The van der Waals surface area contributed by atoms with E-state index in [1.807, 2.05) is 13.8 Å². The summed E-state index contributed by atoms with van der Waals surface area (Å²) in [5.41, 5.74) is 1.86. The quantitative estimate of drug-likeness (QED) is 0.680. The summed E-state index contributed by atoms with van der Waals surface area (Å²) < 4.78 is 5.10. The highest BCUT2D eigenvalue weighted by atomic mass is 35.5. The van der Waals surface area contributed by atoms with E-state index in [2.05, 4.69) is 0 Å². The minimum Gasteiger partial charge on any atom is -0.495 e. The molecular formula is C9H10Cl2O. The minimum absolute atomic E-state index is 0.608. The molecule has 0 aliphatic rings. The fourth-order valence-corrected chi connectivity index (χ4v) is 1.67. The van der Waals surface area contributed by atoms with E-state index in [1.165, 1.54) is 0 Å². The van der Waals surface area contributed by atoms with E-state index in [4.69, 9.17) is 27.9 Å².